The Morgan fingerprint density at radius 3 is 1.47 bits per heavy atom. The molecule has 244 valence electrons. The number of rotatable bonds is 6. The minimum Gasteiger partial charge on any atom is -0.497 e. The average Bonchev–Trinajstić information content (AvgIpc) is 3.88. The maximum atomic E-state index is 5.47. The van der Waals surface area contributed by atoms with E-state index in [0.29, 0.717) is 0 Å². The van der Waals surface area contributed by atoms with Crippen LogP contribution in [0.4, 0.5) is 0 Å². The number of fused-ring (bicyclic) bond motifs is 9. The Morgan fingerprint density at radius 1 is 0.553 bits per heavy atom. The van der Waals surface area contributed by atoms with Crippen molar-refractivity contribution in [2.45, 2.75) is 95.9 Å². The number of unbranched alkanes of at least 4 members (excludes halogenated alkanes) is 1. The predicted octanol–water partition coefficient (Wildman–Crippen LogP) is 8.92. The summed E-state index contributed by atoms with van der Waals surface area (Å²) in [5, 5.41) is 1.20. The summed E-state index contributed by atoms with van der Waals surface area (Å²) in [4.78, 5) is 15.6. The van der Waals surface area contributed by atoms with Gasteiger partial charge in [-0.3, -0.25) is 0 Å². The van der Waals surface area contributed by atoms with Gasteiger partial charge in [0.05, 0.1) is 12.5 Å². The summed E-state index contributed by atoms with van der Waals surface area (Å²) in [7, 11) is 1.72. The quantitative estimate of drug-likeness (QED) is 0.108. The third kappa shape index (κ3) is 5.13. The van der Waals surface area contributed by atoms with E-state index in [0.717, 1.165) is 31.6 Å². The Hall–Kier alpha value is -4.45. The minimum absolute atomic E-state index is 0.197. The second-order valence-corrected chi connectivity index (χ2v) is 15.4. The lowest BCUT2D eigenvalue weighted by Crippen LogP contribution is -2.34. The molecule has 6 aromatic rings. The van der Waals surface area contributed by atoms with Crippen LogP contribution in [0.5, 0.6) is 5.75 Å². The Balaban J connectivity index is 1.25. The van der Waals surface area contributed by atoms with Gasteiger partial charge in [0.25, 0.3) is 0 Å². The highest BCUT2D eigenvalue weighted by Crippen LogP contribution is 2.42. The molecular formula is C41H50N5O+. The smallest absolute Gasteiger partial charge is 0.212 e. The first-order chi connectivity index (χ1) is 22.3. The summed E-state index contributed by atoms with van der Waals surface area (Å²) < 4.78 is 7.84. The molecule has 0 aliphatic carbocycles. The number of nitrogens with zero attached hydrogens (tertiary/aromatic N) is 1. The highest BCUT2D eigenvalue weighted by atomic mass is 16.5. The number of methoxy groups -OCH3 is 1. The van der Waals surface area contributed by atoms with Crippen molar-refractivity contribution in [1.29, 1.82) is 0 Å². The van der Waals surface area contributed by atoms with Crippen LogP contribution in [0.15, 0.2) is 85.1 Å². The van der Waals surface area contributed by atoms with Gasteiger partial charge < -0.3 is 24.7 Å². The molecule has 4 N–H and O–H groups in total. The molecule has 0 atom stereocenters. The van der Waals surface area contributed by atoms with E-state index in [-0.39, 0.29) is 21.7 Å². The second-order valence-electron chi connectivity index (χ2n) is 15.4. The third-order valence-corrected chi connectivity index (χ3v) is 11.4. The third-order valence-electron chi connectivity index (χ3n) is 11.4. The summed E-state index contributed by atoms with van der Waals surface area (Å²) in [6, 6.07) is 28.9. The first-order valence-electron chi connectivity index (χ1n) is 17.1. The number of hydrogen-bond acceptors (Lipinski definition) is 1. The van der Waals surface area contributed by atoms with Crippen molar-refractivity contribution in [2.24, 2.45) is 0 Å². The molecule has 0 radical (unpaired) electrons. The van der Waals surface area contributed by atoms with Gasteiger partial charge in [-0.25, -0.2) is 0 Å². The van der Waals surface area contributed by atoms with E-state index in [2.05, 4.69) is 158 Å². The first-order valence-corrected chi connectivity index (χ1v) is 17.1. The van der Waals surface area contributed by atoms with E-state index in [1.165, 1.54) is 56.5 Å². The van der Waals surface area contributed by atoms with Gasteiger partial charge in [0.15, 0.2) is 6.20 Å². The highest BCUT2D eigenvalue weighted by Gasteiger charge is 2.38. The summed E-state index contributed by atoms with van der Waals surface area (Å²) in [6.45, 7) is 17.2. The second kappa shape index (κ2) is 11.1. The molecule has 6 heterocycles. The number of aromatic nitrogens is 5. The topological polar surface area (TPSA) is 76.3 Å². The van der Waals surface area contributed by atoms with Crippen LogP contribution in [0.25, 0.3) is 10.9 Å². The molecule has 0 fully saturated rings. The van der Waals surface area contributed by atoms with Gasteiger partial charge >= 0.3 is 0 Å². The maximum Gasteiger partial charge on any atom is 0.212 e. The molecule has 1 aliphatic rings. The van der Waals surface area contributed by atoms with Crippen LogP contribution in [0.3, 0.4) is 0 Å². The zero-order chi connectivity index (χ0) is 33.2. The lowest BCUT2D eigenvalue weighted by molar-refractivity contribution is -0.671. The molecule has 0 spiro atoms. The van der Waals surface area contributed by atoms with Crippen LogP contribution in [0, 0.1) is 0 Å². The van der Waals surface area contributed by atoms with Gasteiger partial charge in [0.1, 0.15) is 12.3 Å². The van der Waals surface area contributed by atoms with Gasteiger partial charge in [-0.15, -0.1) is 0 Å². The predicted molar refractivity (Wildman–Crippen MR) is 191 cm³/mol. The van der Waals surface area contributed by atoms with Gasteiger partial charge in [-0.2, -0.15) is 4.57 Å². The summed E-state index contributed by atoms with van der Waals surface area (Å²) in [5.41, 5.74) is 10.1. The Bertz CT molecular complexity index is 1950. The zero-order valence-corrected chi connectivity index (χ0v) is 29.3. The van der Waals surface area contributed by atoms with E-state index in [4.69, 9.17) is 4.74 Å². The van der Waals surface area contributed by atoms with E-state index in [1.807, 2.05) is 0 Å². The van der Waals surface area contributed by atoms with E-state index in [1.54, 1.807) is 7.11 Å². The van der Waals surface area contributed by atoms with Crippen molar-refractivity contribution < 1.29 is 9.30 Å². The standard InChI is InChI=1S/C41H50N5O/c1-38(2)30-15-17-32(42-30)39(3,4)34-19-21-36(44-34)41(7,37-22-20-35(45-37)40(5,6)33-18-16-31(38)43-33)23-9-10-24-46-25-11-12-27-26-28(47-8)13-14-29(27)46/h11-22,25-26,42-45H,9-10,23-24H2,1-8H3/q+1. The minimum atomic E-state index is -0.222. The number of aryl methyl sites for hydroxylation is 1. The Kier molecular flexibility index (Phi) is 7.34. The Labute approximate surface area is 279 Å². The molecule has 8 bridgehead atoms. The Morgan fingerprint density at radius 2 is 1.00 bits per heavy atom. The lowest BCUT2D eigenvalue weighted by atomic mass is 9.78. The van der Waals surface area contributed by atoms with Crippen molar-refractivity contribution in [1.82, 2.24) is 19.9 Å². The fourth-order valence-corrected chi connectivity index (χ4v) is 7.60. The average molecular weight is 629 g/mol. The molecule has 1 aromatic carbocycles. The van der Waals surface area contributed by atoms with E-state index in [9.17, 15) is 0 Å². The van der Waals surface area contributed by atoms with Crippen LogP contribution in [0.2, 0.25) is 0 Å². The van der Waals surface area contributed by atoms with E-state index < -0.39 is 0 Å². The monoisotopic (exact) mass is 628 g/mol. The number of aromatic amines is 4. The van der Waals surface area contributed by atoms with Gasteiger partial charge in [0.2, 0.25) is 5.52 Å². The molecule has 0 amide bonds. The van der Waals surface area contributed by atoms with Crippen LogP contribution in [0.1, 0.15) is 113 Å². The number of benzene rings is 1. The van der Waals surface area contributed by atoms with Crippen molar-refractivity contribution in [3.8, 4) is 5.75 Å². The SMILES string of the molecule is COc1ccc2c(ccc[n+]2CCCCC2(C)c3ccc([nH]3)C(C)(C)c3ccc([nH]3)C(C)(C)c3ccc([nH]3)C(C)(C)c3ccc2[nH]3)c1. The molecule has 6 nitrogen and oxygen atoms in total. The molecule has 0 unspecified atom stereocenters. The molecule has 47 heavy (non-hydrogen) atoms. The maximum absolute atomic E-state index is 5.47. The molecule has 0 saturated carbocycles. The number of ether oxygens (including phenoxy) is 1. The molecule has 7 rings (SSSR count). The molecule has 0 saturated heterocycles. The lowest BCUT2D eigenvalue weighted by Gasteiger charge is -2.30. The van der Waals surface area contributed by atoms with Gasteiger partial charge in [0, 0.05) is 85.8 Å². The number of nitrogens with one attached hydrogen (secondary N) is 4. The highest BCUT2D eigenvalue weighted by molar-refractivity contribution is 5.77. The van der Waals surface area contributed by atoms with Crippen molar-refractivity contribution in [2.75, 3.05) is 7.11 Å². The molecule has 1 aliphatic heterocycles. The van der Waals surface area contributed by atoms with Crippen molar-refractivity contribution >= 4 is 10.9 Å². The van der Waals surface area contributed by atoms with Crippen LogP contribution >= 0.6 is 0 Å². The molecule has 6 heteroatoms. The van der Waals surface area contributed by atoms with Crippen LogP contribution in [-0.2, 0) is 28.2 Å². The fraction of sp³-hybridized carbons (Fsp3) is 0.390. The largest absolute Gasteiger partial charge is 0.497 e. The number of H-pyrrole nitrogens is 4. The zero-order valence-electron chi connectivity index (χ0n) is 29.3. The first kappa shape index (κ1) is 31.2. The van der Waals surface area contributed by atoms with E-state index >= 15 is 0 Å². The van der Waals surface area contributed by atoms with Gasteiger partial charge in [-0.1, -0.05) is 0 Å². The summed E-state index contributed by atoms with van der Waals surface area (Å²) >= 11 is 0. The fourth-order valence-electron chi connectivity index (χ4n) is 7.60. The summed E-state index contributed by atoms with van der Waals surface area (Å²) in [6.07, 6.45) is 5.37. The van der Waals surface area contributed by atoms with Crippen molar-refractivity contribution in [3.05, 3.63) is 131 Å². The van der Waals surface area contributed by atoms with Gasteiger partial charge in [-0.05, 0) is 128 Å². The van der Waals surface area contributed by atoms with Crippen LogP contribution in [-0.4, -0.2) is 27.0 Å². The van der Waals surface area contributed by atoms with Crippen LogP contribution < -0.4 is 9.30 Å². The summed E-state index contributed by atoms with van der Waals surface area (Å²) in [5.74, 6) is 0.891. The number of pyridine rings is 1. The molecular weight excluding hydrogens is 578 g/mol. The molecule has 5 aromatic heterocycles. The normalized spacial score (nSPS) is 17.5. The number of hydrogen-bond donors (Lipinski definition) is 4. The van der Waals surface area contributed by atoms with Crippen molar-refractivity contribution in [3.63, 3.8) is 0 Å².